The molecule has 0 saturated carbocycles. The minimum absolute atomic E-state index is 0.135. The Labute approximate surface area is 117 Å². The van der Waals surface area contributed by atoms with Crippen molar-refractivity contribution < 1.29 is 4.79 Å². The summed E-state index contributed by atoms with van der Waals surface area (Å²) in [6.45, 7) is 0.559. The van der Waals surface area contributed by atoms with Gasteiger partial charge in [-0.05, 0) is 34.1 Å². The monoisotopic (exact) mass is 325 g/mol. The van der Waals surface area contributed by atoms with E-state index in [1.807, 2.05) is 5.38 Å². The predicted octanol–water partition coefficient (Wildman–Crippen LogP) is 2.46. The fraction of sp³-hybridized carbons (Fsp3) is 0.167. The predicted molar refractivity (Wildman–Crippen MR) is 76.7 cm³/mol. The van der Waals surface area contributed by atoms with Crippen LogP contribution in [0, 0.1) is 0 Å². The number of nitrogens with one attached hydrogen (secondary N) is 1. The highest BCUT2D eigenvalue weighted by atomic mass is 79.9. The fourth-order valence-corrected chi connectivity index (χ4v) is 2.50. The zero-order valence-electron chi connectivity index (χ0n) is 9.52. The summed E-state index contributed by atoms with van der Waals surface area (Å²) in [5.74, 6) is -0.135. The van der Waals surface area contributed by atoms with Gasteiger partial charge in [0, 0.05) is 28.5 Å². The van der Waals surface area contributed by atoms with Crippen molar-refractivity contribution in [1.29, 1.82) is 0 Å². The Kier molecular flexibility index (Phi) is 4.33. The number of nitrogens with zero attached hydrogens (tertiary/aromatic N) is 1. The van der Waals surface area contributed by atoms with Gasteiger partial charge < -0.3 is 11.1 Å². The van der Waals surface area contributed by atoms with Gasteiger partial charge in [-0.15, -0.1) is 11.3 Å². The SMILES string of the molecule is Nc1ccc(Br)c(C(=O)NCCc2cscn2)c1. The first-order valence-corrected chi connectivity index (χ1v) is 7.10. The third-order valence-corrected chi connectivity index (χ3v) is 3.71. The Morgan fingerprint density at radius 3 is 3.06 bits per heavy atom. The quantitative estimate of drug-likeness (QED) is 0.848. The number of thiazole rings is 1. The van der Waals surface area contributed by atoms with Crippen LogP contribution in [0.5, 0.6) is 0 Å². The average Bonchev–Trinajstić information content (AvgIpc) is 2.85. The van der Waals surface area contributed by atoms with Crippen molar-refractivity contribution in [2.45, 2.75) is 6.42 Å². The average molecular weight is 326 g/mol. The summed E-state index contributed by atoms with van der Waals surface area (Å²) < 4.78 is 0.739. The second-order valence-electron chi connectivity index (χ2n) is 3.72. The molecule has 1 aromatic carbocycles. The number of hydrogen-bond donors (Lipinski definition) is 2. The van der Waals surface area contributed by atoms with E-state index in [9.17, 15) is 4.79 Å². The van der Waals surface area contributed by atoms with E-state index in [1.54, 1.807) is 35.0 Å². The lowest BCUT2D eigenvalue weighted by molar-refractivity contribution is 0.0953. The van der Waals surface area contributed by atoms with Gasteiger partial charge in [-0.2, -0.15) is 0 Å². The van der Waals surface area contributed by atoms with Crippen molar-refractivity contribution in [2.24, 2.45) is 0 Å². The van der Waals surface area contributed by atoms with Gasteiger partial charge in [0.05, 0.1) is 16.8 Å². The topological polar surface area (TPSA) is 68.0 Å². The zero-order valence-corrected chi connectivity index (χ0v) is 11.9. The summed E-state index contributed by atoms with van der Waals surface area (Å²) in [6, 6.07) is 5.17. The molecular formula is C12H12BrN3OS. The number of carbonyl (C=O) groups excluding carboxylic acids is 1. The first kappa shape index (κ1) is 13.0. The molecule has 94 valence electrons. The van der Waals surface area contributed by atoms with Gasteiger partial charge in [0.1, 0.15) is 0 Å². The summed E-state index contributed by atoms with van der Waals surface area (Å²) >= 11 is 4.89. The van der Waals surface area contributed by atoms with Gasteiger partial charge in [-0.3, -0.25) is 4.79 Å². The van der Waals surface area contributed by atoms with E-state index < -0.39 is 0 Å². The maximum atomic E-state index is 11.9. The van der Waals surface area contributed by atoms with Crippen LogP contribution in [-0.4, -0.2) is 17.4 Å². The van der Waals surface area contributed by atoms with E-state index in [2.05, 4.69) is 26.2 Å². The minimum atomic E-state index is -0.135. The summed E-state index contributed by atoms with van der Waals surface area (Å²) in [5.41, 5.74) is 9.56. The van der Waals surface area contributed by atoms with E-state index in [1.165, 1.54) is 0 Å². The van der Waals surface area contributed by atoms with E-state index in [0.29, 0.717) is 17.8 Å². The molecule has 6 heteroatoms. The molecule has 1 amide bonds. The second kappa shape index (κ2) is 5.97. The van der Waals surface area contributed by atoms with Crippen LogP contribution in [0.25, 0.3) is 0 Å². The summed E-state index contributed by atoms with van der Waals surface area (Å²) in [4.78, 5) is 16.1. The molecule has 2 rings (SSSR count). The minimum Gasteiger partial charge on any atom is -0.399 e. The van der Waals surface area contributed by atoms with Gasteiger partial charge >= 0.3 is 0 Å². The molecule has 0 spiro atoms. The van der Waals surface area contributed by atoms with Crippen LogP contribution >= 0.6 is 27.3 Å². The van der Waals surface area contributed by atoms with E-state index in [4.69, 9.17) is 5.73 Å². The van der Waals surface area contributed by atoms with Crippen LogP contribution in [0.1, 0.15) is 16.1 Å². The largest absolute Gasteiger partial charge is 0.399 e. The van der Waals surface area contributed by atoms with Crippen LogP contribution in [0.4, 0.5) is 5.69 Å². The van der Waals surface area contributed by atoms with Crippen molar-refractivity contribution in [3.8, 4) is 0 Å². The molecule has 0 saturated heterocycles. The summed E-state index contributed by atoms with van der Waals surface area (Å²) in [7, 11) is 0. The Morgan fingerprint density at radius 2 is 2.33 bits per heavy atom. The van der Waals surface area contributed by atoms with E-state index in [0.717, 1.165) is 16.6 Å². The molecule has 0 fully saturated rings. The Hall–Kier alpha value is -1.40. The lowest BCUT2D eigenvalue weighted by Crippen LogP contribution is -2.26. The molecule has 4 nitrogen and oxygen atoms in total. The van der Waals surface area contributed by atoms with Crippen molar-refractivity contribution >= 4 is 38.9 Å². The Bertz CT molecular complexity index is 542. The normalized spacial score (nSPS) is 10.3. The zero-order chi connectivity index (χ0) is 13.0. The molecule has 0 radical (unpaired) electrons. The van der Waals surface area contributed by atoms with Crippen LogP contribution < -0.4 is 11.1 Å². The van der Waals surface area contributed by atoms with E-state index in [-0.39, 0.29) is 5.91 Å². The molecule has 0 aliphatic rings. The molecule has 0 aliphatic heterocycles. The molecule has 0 atom stereocenters. The van der Waals surface area contributed by atoms with Gasteiger partial charge in [-0.1, -0.05) is 0 Å². The van der Waals surface area contributed by atoms with Crippen LogP contribution in [0.3, 0.4) is 0 Å². The van der Waals surface area contributed by atoms with Crippen molar-refractivity contribution in [2.75, 3.05) is 12.3 Å². The number of benzene rings is 1. The lowest BCUT2D eigenvalue weighted by Gasteiger charge is -2.07. The number of hydrogen-bond acceptors (Lipinski definition) is 4. The Balaban J connectivity index is 1.93. The smallest absolute Gasteiger partial charge is 0.252 e. The fourth-order valence-electron chi connectivity index (χ4n) is 1.48. The molecule has 3 N–H and O–H groups in total. The molecule has 18 heavy (non-hydrogen) atoms. The van der Waals surface area contributed by atoms with E-state index >= 15 is 0 Å². The number of anilines is 1. The number of aromatic nitrogens is 1. The maximum Gasteiger partial charge on any atom is 0.252 e. The van der Waals surface area contributed by atoms with Crippen LogP contribution in [0.2, 0.25) is 0 Å². The van der Waals surface area contributed by atoms with Crippen LogP contribution in [-0.2, 0) is 6.42 Å². The maximum absolute atomic E-state index is 11.9. The molecule has 0 bridgehead atoms. The van der Waals surface area contributed by atoms with Crippen LogP contribution in [0.15, 0.2) is 33.6 Å². The molecule has 0 aliphatic carbocycles. The number of halogens is 1. The summed E-state index contributed by atoms with van der Waals surface area (Å²) in [5, 5.41) is 4.82. The van der Waals surface area contributed by atoms with Crippen molar-refractivity contribution in [3.63, 3.8) is 0 Å². The third kappa shape index (κ3) is 3.30. The second-order valence-corrected chi connectivity index (χ2v) is 5.30. The lowest BCUT2D eigenvalue weighted by atomic mass is 10.2. The molecule has 1 heterocycles. The number of nitrogens with two attached hydrogens (primary N) is 1. The summed E-state index contributed by atoms with van der Waals surface area (Å²) in [6.07, 6.45) is 0.731. The van der Waals surface area contributed by atoms with Crippen molar-refractivity contribution in [1.82, 2.24) is 10.3 Å². The molecule has 0 unspecified atom stereocenters. The standard InChI is InChI=1S/C12H12BrN3OS/c13-11-2-1-8(14)5-10(11)12(17)15-4-3-9-6-18-7-16-9/h1-2,5-7H,3-4,14H2,(H,15,17). The molecule has 2 aromatic rings. The molecular weight excluding hydrogens is 314 g/mol. The number of amides is 1. The first-order valence-electron chi connectivity index (χ1n) is 5.37. The number of rotatable bonds is 4. The highest BCUT2D eigenvalue weighted by Crippen LogP contribution is 2.19. The Morgan fingerprint density at radius 1 is 1.50 bits per heavy atom. The third-order valence-electron chi connectivity index (χ3n) is 2.39. The number of nitrogen functional groups attached to an aromatic ring is 1. The molecule has 1 aromatic heterocycles. The van der Waals surface area contributed by atoms with Gasteiger partial charge in [0.25, 0.3) is 5.91 Å². The highest BCUT2D eigenvalue weighted by molar-refractivity contribution is 9.10. The van der Waals surface area contributed by atoms with Gasteiger partial charge in [-0.25, -0.2) is 4.98 Å². The first-order chi connectivity index (χ1) is 8.66. The highest BCUT2D eigenvalue weighted by Gasteiger charge is 2.09. The van der Waals surface area contributed by atoms with Gasteiger partial charge in [0.15, 0.2) is 0 Å². The number of carbonyl (C=O) groups is 1. The van der Waals surface area contributed by atoms with Crippen molar-refractivity contribution in [3.05, 3.63) is 44.8 Å². The van der Waals surface area contributed by atoms with Gasteiger partial charge in [0.2, 0.25) is 0 Å².